The first-order chi connectivity index (χ1) is 8.99. The van der Waals surface area contributed by atoms with Crippen LogP contribution in [-0.2, 0) is 0 Å². The van der Waals surface area contributed by atoms with E-state index < -0.39 is 17.3 Å². The molecule has 2 aromatic rings. The molecule has 1 aromatic heterocycles. The maximum atomic E-state index is 13.9. The first-order valence-corrected chi connectivity index (χ1v) is 6.19. The van der Waals surface area contributed by atoms with E-state index in [1.54, 1.807) is 12.1 Å². The van der Waals surface area contributed by atoms with Crippen molar-refractivity contribution in [1.29, 1.82) is 0 Å². The van der Waals surface area contributed by atoms with E-state index in [1.807, 2.05) is 13.0 Å². The number of nitrogens with zero attached hydrogens (tertiary/aromatic N) is 1. The maximum Gasteiger partial charge on any atom is 0.338 e. The van der Waals surface area contributed by atoms with E-state index in [9.17, 15) is 9.18 Å². The summed E-state index contributed by atoms with van der Waals surface area (Å²) in [5.74, 6) is -2.31. The number of carboxylic acids is 1. The molecule has 98 valence electrons. The second-order valence-corrected chi connectivity index (χ2v) is 4.83. The van der Waals surface area contributed by atoms with Crippen molar-refractivity contribution in [3.05, 3.63) is 51.9 Å². The lowest BCUT2D eigenvalue weighted by Crippen LogP contribution is -2.06. The number of aryl methyl sites for hydroxylation is 1. The molecule has 0 aliphatic carbocycles. The Morgan fingerprint density at radius 1 is 1.42 bits per heavy atom. The topological polar surface area (TPSA) is 62.2 Å². The van der Waals surface area contributed by atoms with Gasteiger partial charge in [0.25, 0.3) is 0 Å². The van der Waals surface area contributed by atoms with Crippen molar-refractivity contribution >= 4 is 33.4 Å². The van der Waals surface area contributed by atoms with Gasteiger partial charge in [0.05, 0.1) is 0 Å². The van der Waals surface area contributed by atoms with Crippen molar-refractivity contribution in [1.82, 2.24) is 4.98 Å². The number of aromatic nitrogens is 1. The van der Waals surface area contributed by atoms with Crippen LogP contribution in [0, 0.1) is 12.7 Å². The third-order valence-electron chi connectivity index (χ3n) is 2.56. The minimum Gasteiger partial charge on any atom is -0.478 e. The predicted molar refractivity (Wildman–Crippen MR) is 73.3 cm³/mol. The Bertz CT molecular complexity index is 647. The van der Waals surface area contributed by atoms with Gasteiger partial charge in [-0.15, -0.1) is 0 Å². The second kappa shape index (κ2) is 5.36. The highest BCUT2D eigenvalue weighted by Crippen LogP contribution is 2.25. The highest BCUT2D eigenvalue weighted by Gasteiger charge is 2.15. The van der Waals surface area contributed by atoms with Crippen LogP contribution in [0.5, 0.6) is 0 Å². The highest BCUT2D eigenvalue weighted by molar-refractivity contribution is 9.10. The lowest BCUT2D eigenvalue weighted by molar-refractivity contribution is 0.0692. The molecule has 0 aliphatic heterocycles. The van der Waals surface area contributed by atoms with E-state index in [2.05, 4.69) is 26.2 Å². The summed E-state index contributed by atoms with van der Waals surface area (Å²) in [4.78, 5) is 14.7. The van der Waals surface area contributed by atoms with E-state index >= 15 is 0 Å². The van der Waals surface area contributed by atoms with Crippen LogP contribution in [0.4, 0.5) is 15.9 Å². The molecular weight excluding hydrogens is 315 g/mol. The molecule has 0 bridgehead atoms. The number of benzene rings is 1. The fourth-order valence-corrected chi connectivity index (χ4v) is 2.07. The van der Waals surface area contributed by atoms with Gasteiger partial charge in [0.15, 0.2) is 11.6 Å². The molecule has 0 unspecified atom stereocenters. The van der Waals surface area contributed by atoms with Crippen LogP contribution >= 0.6 is 15.9 Å². The van der Waals surface area contributed by atoms with Crippen LogP contribution in [0.2, 0.25) is 0 Å². The van der Waals surface area contributed by atoms with E-state index in [-0.39, 0.29) is 5.82 Å². The summed E-state index contributed by atoms with van der Waals surface area (Å²) in [5, 5.41) is 11.6. The molecule has 1 heterocycles. The lowest BCUT2D eigenvalue weighted by Gasteiger charge is -2.10. The molecule has 1 aromatic carbocycles. The predicted octanol–water partition coefficient (Wildman–Crippen LogP) is 3.73. The fraction of sp³-hybridized carbons (Fsp3) is 0.0769. The van der Waals surface area contributed by atoms with Gasteiger partial charge in [-0.25, -0.2) is 14.2 Å². The van der Waals surface area contributed by atoms with Crippen LogP contribution in [0.3, 0.4) is 0 Å². The smallest absolute Gasteiger partial charge is 0.338 e. The first-order valence-electron chi connectivity index (χ1n) is 5.40. The summed E-state index contributed by atoms with van der Waals surface area (Å²) >= 11 is 3.33. The number of carbonyl (C=O) groups is 1. The van der Waals surface area contributed by atoms with E-state index in [0.29, 0.717) is 5.69 Å². The molecule has 0 saturated heterocycles. The van der Waals surface area contributed by atoms with Gasteiger partial charge in [-0.3, -0.25) is 0 Å². The molecule has 0 aliphatic rings. The summed E-state index contributed by atoms with van der Waals surface area (Å²) in [5.41, 5.74) is 1.14. The molecule has 6 heteroatoms. The molecule has 0 spiro atoms. The number of nitrogens with one attached hydrogen (secondary N) is 1. The molecular formula is C13H10BrFN2O2. The summed E-state index contributed by atoms with van der Waals surface area (Å²) in [7, 11) is 0. The summed E-state index contributed by atoms with van der Waals surface area (Å²) in [6.07, 6.45) is 1.25. The van der Waals surface area contributed by atoms with Crippen molar-refractivity contribution in [2.75, 3.05) is 5.32 Å². The quantitative estimate of drug-likeness (QED) is 0.902. The SMILES string of the molecule is Cc1cc(Br)ccc1Nc1nccc(C(=O)O)c1F. The molecule has 0 radical (unpaired) electrons. The average molecular weight is 325 g/mol. The molecule has 0 fully saturated rings. The molecule has 2 rings (SSSR count). The number of carboxylic acid groups (broad SMARTS) is 1. The monoisotopic (exact) mass is 324 g/mol. The summed E-state index contributed by atoms with van der Waals surface area (Å²) < 4.78 is 14.8. The summed E-state index contributed by atoms with van der Waals surface area (Å²) in [6.45, 7) is 1.85. The van der Waals surface area contributed by atoms with Gasteiger partial charge in [0, 0.05) is 16.4 Å². The molecule has 2 N–H and O–H groups in total. The Kier molecular flexibility index (Phi) is 3.80. The Hall–Kier alpha value is -1.95. The van der Waals surface area contributed by atoms with Crippen molar-refractivity contribution in [3.63, 3.8) is 0 Å². The standard InChI is InChI=1S/C13H10BrFN2O2/c1-7-6-8(14)2-3-10(7)17-12-11(15)9(13(18)19)4-5-16-12/h2-6H,1H3,(H,16,17)(H,18,19). The van der Waals surface area contributed by atoms with Gasteiger partial charge >= 0.3 is 5.97 Å². The largest absolute Gasteiger partial charge is 0.478 e. The molecule has 19 heavy (non-hydrogen) atoms. The lowest BCUT2D eigenvalue weighted by atomic mass is 10.2. The van der Waals surface area contributed by atoms with Gasteiger partial charge in [-0.05, 0) is 36.8 Å². The van der Waals surface area contributed by atoms with E-state index in [4.69, 9.17) is 5.11 Å². The third kappa shape index (κ3) is 2.90. The first kappa shape index (κ1) is 13.5. The zero-order chi connectivity index (χ0) is 14.0. The van der Waals surface area contributed by atoms with Crippen LogP contribution in [0.1, 0.15) is 15.9 Å². The van der Waals surface area contributed by atoms with Crippen LogP contribution in [0.15, 0.2) is 34.9 Å². The Morgan fingerprint density at radius 3 is 2.79 bits per heavy atom. The van der Waals surface area contributed by atoms with Crippen LogP contribution in [0.25, 0.3) is 0 Å². The van der Waals surface area contributed by atoms with Gasteiger partial charge < -0.3 is 10.4 Å². The minimum absolute atomic E-state index is 0.106. The molecule has 0 amide bonds. The van der Waals surface area contributed by atoms with Crippen molar-refractivity contribution in [3.8, 4) is 0 Å². The second-order valence-electron chi connectivity index (χ2n) is 3.91. The van der Waals surface area contributed by atoms with E-state index in [1.165, 1.54) is 6.20 Å². The number of pyridine rings is 1. The fourth-order valence-electron chi connectivity index (χ4n) is 1.59. The zero-order valence-electron chi connectivity index (χ0n) is 9.95. The number of hydrogen-bond donors (Lipinski definition) is 2. The summed E-state index contributed by atoms with van der Waals surface area (Å²) in [6, 6.07) is 6.54. The molecule has 4 nitrogen and oxygen atoms in total. The van der Waals surface area contributed by atoms with Crippen molar-refractivity contribution in [2.24, 2.45) is 0 Å². The van der Waals surface area contributed by atoms with Gasteiger partial charge in [0.1, 0.15) is 5.56 Å². The zero-order valence-corrected chi connectivity index (χ0v) is 11.5. The van der Waals surface area contributed by atoms with Crippen molar-refractivity contribution < 1.29 is 14.3 Å². The van der Waals surface area contributed by atoms with Gasteiger partial charge in [-0.1, -0.05) is 15.9 Å². The Morgan fingerprint density at radius 2 is 2.16 bits per heavy atom. The number of aromatic carboxylic acids is 1. The normalized spacial score (nSPS) is 10.3. The third-order valence-corrected chi connectivity index (χ3v) is 3.05. The number of rotatable bonds is 3. The van der Waals surface area contributed by atoms with Crippen LogP contribution < -0.4 is 5.32 Å². The average Bonchev–Trinajstić information content (AvgIpc) is 2.34. The van der Waals surface area contributed by atoms with Crippen LogP contribution in [-0.4, -0.2) is 16.1 Å². The Labute approximate surface area is 117 Å². The van der Waals surface area contributed by atoms with E-state index in [0.717, 1.165) is 16.1 Å². The van der Waals surface area contributed by atoms with Crippen molar-refractivity contribution in [2.45, 2.75) is 6.92 Å². The number of anilines is 2. The molecule has 0 atom stereocenters. The Balaban J connectivity index is 2.38. The maximum absolute atomic E-state index is 13.9. The minimum atomic E-state index is -1.32. The molecule has 0 saturated carbocycles. The number of halogens is 2. The highest BCUT2D eigenvalue weighted by atomic mass is 79.9. The van der Waals surface area contributed by atoms with Gasteiger partial charge in [-0.2, -0.15) is 0 Å². The number of hydrogen-bond acceptors (Lipinski definition) is 3. The van der Waals surface area contributed by atoms with Gasteiger partial charge in [0.2, 0.25) is 0 Å².